The maximum atomic E-state index is 5.35. The highest BCUT2D eigenvalue weighted by molar-refractivity contribution is 4.99. The van der Waals surface area contributed by atoms with Crippen LogP contribution < -0.4 is 5.32 Å². The summed E-state index contributed by atoms with van der Waals surface area (Å²) in [5, 5.41) is 7.30. The molecule has 1 aromatic heterocycles. The summed E-state index contributed by atoms with van der Waals surface area (Å²) in [6.07, 6.45) is 3.02. The minimum absolute atomic E-state index is 0.0307. The summed E-state index contributed by atoms with van der Waals surface area (Å²) < 4.78 is 10.6. The van der Waals surface area contributed by atoms with Crippen LogP contribution in [0.25, 0.3) is 0 Å². The highest BCUT2D eigenvalue weighted by Gasteiger charge is 2.24. The van der Waals surface area contributed by atoms with Gasteiger partial charge in [-0.15, -0.1) is 0 Å². The molecular weight excluding hydrogens is 206 g/mol. The zero-order valence-corrected chi connectivity index (χ0v) is 9.90. The first-order valence-electron chi connectivity index (χ1n) is 5.92. The lowest BCUT2D eigenvalue weighted by atomic mass is 10.1. The average molecular weight is 225 g/mol. The van der Waals surface area contributed by atoms with Crippen molar-refractivity contribution < 1.29 is 9.26 Å². The number of rotatable bonds is 5. The van der Waals surface area contributed by atoms with Crippen LogP contribution in [0.3, 0.4) is 0 Å². The summed E-state index contributed by atoms with van der Waals surface area (Å²) in [6.45, 7) is 4.09. The van der Waals surface area contributed by atoms with E-state index in [9.17, 15) is 0 Å². The van der Waals surface area contributed by atoms with Gasteiger partial charge in [0.1, 0.15) is 6.10 Å². The van der Waals surface area contributed by atoms with E-state index in [2.05, 4.69) is 22.4 Å². The molecule has 2 rings (SSSR count). The largest absolute Gasteiger partial charge is 0.373 e. The van der Waals surface area contributed by atoms with Crippen molar-refractivity contribution >= 4 is 0 Å². The lowest BCUT2D eigenvalue weighted by Gasteiger charge is -2.08. The lowest BCUT2D eigenvalue weighted by molar-refractivity contribution is 0.0854. The molecule has 1 fully saturated rings. The SMILES string of the molecule is CCCC(OC)c1noc(C2CCNC2)n1. The molecule has 1 saturated heterocycles. The molecule has 0 spiro atoms. The Bertz CT molecular complexity index is 321. The van der Waals surface area contributed by atoms with Crippen LogP contribution in [0.4, 0.5) is 0 Å². The summed E-state index contributed by atoms with van der Waals surface area (Å²) >= 11 is 0. The Balaban J connectivity index is 2.05. The number of nitrogens with one attached hydrogen (secondary N) is 1. The van der Waals surface area contributed by atoms with Crippen LogP contribution in [0.5, 0.6) is 0 Å². The van der Waals surface area contributed by atoms with Crippen molar-refractivity contribution in [3.05, 3.63) is 11.7 Å². The quantitative estimate of drug-likeness (QED) is 0.825. The molecule has 2 unspecified atom stereocenters. The first-order chi connectivity index (χ1) is 7.85. The summed E-state index contributed by atoms with van der Waals surface area (Å²) in [6, 6.07) is 0. The van der Waals surface area contributed by atoms with Crippen molar-refractivity contribution in [2.75, 3.05) is 20.2 Å². The molecule has 1 aliphatic rings. The van der Waals surface area contributed by atoms with Gasteiger partial charge in [0.25, 0.3) is 0 Å². The fraction of sp³-hybridized carbons (Fsp3) is 0.818. The van der Waals surface area contributed by atoms with E-state index in [-0.39, 0.29) is 6.10 Å². The Morgan fingerprint density at radius 3 is 3.12 bits per heavy atom. The smallest absolute Gasteiger partial charge is 0.231 e. The second-order valence-corrected chi connectivity index (χ2v) is 4.19. The average Bonchev–Trinajstić information content (AvgIpc) is 2.95. The maximum absolute atomic E-state index is 5.35. The maximum Gasteiger partial charge on any atom is 0.231 e. The molecule has 0 amide bonds. The second-order valence-electron chi connectivity index (χ2n) is 4.19. The van der Waals surface area contributed by atoms with Gasteiger partial charge in [-0.3, -0.25) is 0 Å². The van der Waals surface area contributed by atoms with Gasteiger partial charge in [-0.2, -0.15) is 4.98 Å². The molecule has 1 N–H and O–H groups in total. The van der Waals surface area contributed by atoms with Gasteiger partial charge in [0.05, 0.1) is 5.92 Å². The number of aromatic nitrogens is 2. The Kier molecular flexibility index (Phi) is 3.90. The van der Waals surface area contributed by atoms with Crippen LogP contribution in [0.15, 0.2) is 4.52 Å². The van der Waals surface area contributed by atoms with Crippen LogP contribution in [0.2, 0.25) is 0 Å². The Labute approximate surface area is 95.6 Å². The van der Waals surface area contributed by atoms with E-state index in [1.807, 2.05) is 0 Å². The molecule has 90 valence electrons. The second kappa shape index (κ2) is 5.41. The number of ether oxygens (including phenoxy) is 1. The van der Waals surface area contributed by atoms with Crippen LogP contribution in [-0.2, 0) is 4.74 Å². The molecule has 16 heavy (non-hydrogen) atoms. The normalized spacial score (nSPS) is 22.5. The third kappa shape index (κ3) is 2.41. The van der Waals surface area contributed by atoms with Crippen LogP contribution in [-0.4, -0.2) is 30.3 Å². The fourth-order valence-electron chi connectivity index (χ4n) is 2.02. The minimum Gasteiger partial charge on any atom is -0.373 e. The molecule has 0 aliphatic carbocycles. The van der Waals surface area contributed by atoms with Gasteiger partial charge in [-0.1, -0.05) is 18.5 Å². The van der Waals surface area contributed by atoms with E-state index < -0.39 is 0 Å². The van der Waals surface area contributed by atoms with E-state index in [4.69, 9.17) is 9.26 Å². The fourth-order valence-corrected chi connectivity index (χ4v) is 2.02. The molecule has 1 aliphatic heterocycles. The Morgan fingerprint density at radius 2 is 2.50 bits per heavy atom. The standard InChI is InChI=1S/C11H19N3O2/c1-3-4-9(15-2)10-13-11(16-14-10)8-5-6-12-7-8/h8-9,12H,3-7H2,1-2H3. The van der Waals surface area contributed by atoms with E-state index >= 15 is 0 Å². The van der Waals surface area contributed by atoms with Gasteiger partial charge in [0.2, 0.25) is 11.7 Å². The van der Waals surface area contributed by atoms with Crippen LogP contribution in [0.1, 0.15) is 49.9 Å². The van der Waals surface area contributed by atoms with Gasteiger partial charge in [0, 0.05) is 13.7 Å². The summed E-state index contributed by atoms with van der Waals surface area (Å²) in [4.78, 5) is 4.44. The molecule has 0 aromatic carbocycles. The van der Waals surface area contributed by atoms with Crippen LogP contribution >= 0.6 is 0 Å². The van der Waals surface area contributed by atoms with Crippen molar-refractivity contribution in [3.8, 4) is 0 Å². The zero-order valence-electron chi connectivity index (χ0n) is 9.90. The molecule has 5 heteroatoms. The molecule has 0 radical (unpaired) electrons. The van der Waals surface area contributed by atoms with Gasteiger partial charge in [-0.25, -0.2) is 0 Å². The summed E-state index contributed by atoms with van der Waals surface area (Å²) in [5.74, 6) is 1.81. The number of nitrogens with zero attached hydrogens (tertiary/aromatic N) is 2. The Morgan fingerprint density at radius 1 is 1.62 bits per heavy atom. The van der Waals surface area contributed by atoms with Crippen molar-refractivity contribution in [2.24, 2.45) is 0 Å². The first-order valence-corrected chi connectivity index (χ1v) is 5.92. The number of methoxy groups -OCH3 is 1. The van der Waals surface area contributed by atoms with Gasteiger partial charge in [-0.05, 0) is 19.4 Å². The van der Waals surface area contributed by atoms with Gasteiger partial charge < -0.3 is 14.6 Å². The van der Waals surface area contributed by atoms with Crippen molar-refractivity contribution in [1.82, 2.24) is 15.5 Å². The predicted molar refractivity (Wildman–Crippen MR) is 59.2 cm³/mol. The van der Waals surface area contributed by atoms with Crippen molar-refractivity contribution in [3.63, 3.8) is 0 Å². The minimum atomic E-state index is -0.0307. The third-order valence-corrected chi connectivity index (χ3v) is 2.99. The molecule has 0 bridgehead atoms. The van der Waals surface area contributed by atoms with Crippen molar-refractivity contribution in [1.29, 1.82) is 0 Å². The summed E-state index contributed by atoms with van der Waals surface area (Å²) in [7, 11) is 1.69. The van der Waals surface area contributed by atoms with Gasteiger partial charge in [0.15, 0.2) is 0 Å². The zero-order chi connectivity index (χ0) is 11.4. The Hall–Kier alpha value is -0.940. The van der Waals surface area contributed by atoms with E-state index in [1.165, 1.54) is 0 Å². The topological polar surface area (TPSA) is 60.2 Å². The van der Waals surface area contributed by atoms with E-state index in [0.717, 1.165) is 38.2 Å². The highest BCUT2D eigenvalue weighted by atomic mass is 16.5. The lowest BCUT2D eigenvalue weighted by Crippen LogP contribution is -2.08. The number of hydrogen-bond acceptors (Lipinski definition) is 5. The molecule has 5 nitrogen and oxygen atoms in total. The molecule has 0 saturated carbocycles. The molecule has 2 atom stereocenters. The van der Waals surface area contributed by atoms with E-state index in [0.29, 0.717) is 11.7 Å². The highest BCUT2D eigenvalue weighted by Crippen LogP contribution is 2.24. The molecular formula is C11H19N3O2. The summed E-state index contributed by atoms with van der Waals surface area (Å²) in [5.41, 5.74) is 0. The monoisotopic (exact) mass is 225 g/mol. The number of hydrogen-bond donors (Lipinski definition) is 1. The predicted octanol–water partition coefficient (Wildman–Crippen LogP) is 1.63. The molecule has 1 aromatic rings. The van der Waals surface area contributed by atoms with E-state index in [1.54, 1.807) is 7.11 Å². The molecule has 2 heterocycles. The van der Waals surface area contributed by atoms with Gasteiger partial charge >= 0.3 is 0 Å². The van der Waals surface area contributed by atoms with Crippen LogP contribution in [0, 0.1) is 0 Å². The third-order valence-electron chi connectivity index (χ3n) is 2.99. The van der Waals surface area contributed by atoms with Crippen molar-refractivity contribution in [2.45, 2.75) is 38.2 Å². The first kappa shape index (κ1) is 11.5.